The Balaban J connectivity index is 0.00000544. The number of anilines is 1. The average Bonchev–Trinajstić information content (AvgIpc) is 3.25. The van der Waals surface area contributed by atoms with Gasteiger partial charge in [0.05, 0.1) is 0 Å². The highest BCUT2D eigenvalue weighted by molar-refractivity contribution is 14.0. The Labute approximate surface area is 217 Å². The third-order valence-electron chi connectivity index (χ3n) is 5.55. The summed E-state index contributed by atoms with van der Waals surface area (Å²) in [7, 11) is 3.81. The van der Waals surface area contributed by atoms with Crippen molar-refractivity contribution in [1.82, 2.24) is 20.5 Å². The molecule has 2 N–H and O–H groups in total. The monoisotopic (exact) mass is 574 g/mol. The van der Waals surface area contributed by atoms with E-state index in [1.165, 1.54) is 18.4 Å². The zero-order chi connectivity index (χ0) is 23.7. The summed E-state index contributed by atoms with van der Waals surface area (Å²) < 4.78 is 5.42. The van der Waals surface area contributed by atoms with Gasteiger partial charge in [0, 0.05) is 52.5 Å². The molecule has 1 aliphatic heterocycles. The highest BCUT2D eigenvalue weighted by atomic mass is 127. The Hall–Kier alpha value is -1.78. The lowest BCUT2D eigenvalue weighted by Crippen LogP contribution is -2.45. The molecule has 2 rings (SSSR count). The van der Waals surface area contributed by atoms with E-state index < -0.39 is 5.60 Å². The highest BCUT2D eigenvalue weighted by Crippen LogP contribution is 2.18. The highest BCUT2D eigenvalue weighted by Gasteiger charge is 2.22. The molecule has 0 radical (unpaired) electrons. The maximum Gasteiger partial charge on any atom is 0.407 e. The molecule has 1 amide bonds. The van der Waals surface area contributed by atoms with E-state index in [0.29, 0.717) is 12.5 Å². The first-order valence-corrected chi connectivity index (χ1v) is 11.7. The van der Waals surface area contributed by atoms with Gasteiger partial charge < -0.3 is 25.2 Å². The lowest BCUT2D eigenvalue weighted by molar-refractivity contribution is 0.0486. The van der Waals surface area contributed by atoms with Crippen molar-refractivity contribution in [2.45, 2.75) is 72.1 Å². The minimum Gasteiger partial charge on any atom is -0.444 e. The van der Waals surface area contributed by atoms with Crippen molar-refractivity contribution in [3.63, 3.8) is 0 Å². The summed E-state index contributed by atoms with van der Waals surface area (Å²) in [5.41, 5.74) is 0.679. The van der Waals surface area contributed by atoms with Crippen LogP contribution in [0.15, 0.2) is 23.3 Å². The molecule has 8 nitrogen and oxygen atoms in total. The molecule has 1 atom stereocenters. The fourth-order valence-corrected chi connectivity index (χ4v) is 3.73. The second-order valence-corrected chi connectivity index (χ2v) is 9.82. The lowest BCUT2D eigenvalue weighted by atomic mass is 10.0. The normalized spacial score (nSPS) is 15.2. The van der Waals surface area contributed by atoms with Crippen molar-refractivity contribution >= 4 is 41.8 Å². The number of halogens is 1. The van der Waals surface area contributed by atoms with E-state index in [9.17, 15) is 4.79 Å². The van der Waals surface area contributed by atoms with Crippen LogP contribution in [0, 0.1) is 5.92 Å². The lowest BCUT2D eigenvalue weighted by Gasteiger charge is -2.28. The fraction of sp³-hybridized carbons (Fsp3) is 0.708. The summed E-state index contributed by atoms with van der Waals surface area (Å²) >= 11 is 0. The van der Waals surface area contributed by atoms with E-state index in [1.807, 2.05) is 40.1 Å². The smallest absolute Gasteiger partial charge is 0.407 e. The molecule has 1 aliphatic rings. The number of alkyl carbamates (subject to hydrolysis) is 1. The summed E-state index contributed by atoms with van der Waals surface area (Å²) in [5, 5.41) is 6.46. The van der Waals surface area contributed by atoms with Crippen molar-refractivity contribution in [2.75, 3.05) is 38.6 Å². The number of rotatable bonds is 8. The van der Waals surface area contributed by atoms with Crippen LogP contribution < -0.4 is 15.5 Å². The zero-order valence-electron chi connectivity index (χ0n) is 21.4. The number of pyridine rings is 1. The van der Waals surface area contributed by atoms with Gasteiger partial charge in [-0.1, -0.05) is 13.8 Å². The van der Waals surface area contributed by atoms with Crippen molar-refractivity contribution in [1.29, 1.82) is 0 Å². The van der Waals surface area contributed by atoms with E-state index in [-0.39, 0.29) is 36.1 Å². The van der Waals surface area contributed by atoms with Gasteiger partial charge in [0.1, 0.15) is 11.4 Å². The van der Waals surface area contributed by atoms with Gasteiger partial charge in [-0.2, -0.15) is 0 Å². The maximum absolute atomic E-state index is 12.2. The van der Waals surface area contributed by atoms with Crippen molar-refractivity contribution in [3.8, 4) is 0 Å². The number of hydrogen-bond acceptors (Lipinski definition) is 5. The minimum atomic E-state index is -0.504. The molecule has 2 heterocycles. The van der Waals surface area contributed by atoms with E-state index in [1.54, 1.807) is 7.05 Å². The van der Waals surface area contributed by atoms with Crippen LogP contribution in [0.5, 0.6) is 0 Å². The Bertz CT molecular complexity index is 760. The van der Waals surface area contributed by atoms with Gasteiger partial charge in [0.15, 0.2) is 5.96 Å². The van der Waals surface area contributed by atoms with Gasteiger partial charge >= 0.3 is 6.09 Å². The van der Waals surface area contributed by atoms with E-state index in [2.05, 4.69) is 50.3 Å². The van der Waals surface area contributed by atoms with Crippen LogP contribution in [0.1, 0.15) is 59.4 Å². The zero-order valence-corrected chi connectivity index (χ0v) is 23.7. The number of carbonyl (C=O) groups excluding carboxylic acids is 1. The van der Waals surface area contributed by atoms with E-state index >= 15 is 0 Å². The van der Waals surface area contributed by atoms with Crippen molar-refractivity contribution in [3.05, 3.63) is 23.9 Å². The Kier molecular flexibility index (Phi) is 12.2. The number of hydrogen-bond donors (Lipinski definition) is 2. The Morgan fingerprint density at radius 3 is 2.55 bits per heavy atom. The Morgan fingerprint density at radius 1 is 1.30 bits per heavy atom. The van der Waals surface area contributed by atoms with Crippen LogP contribution in [-0.2, 0) is 11.3 Å². The van der Waals surface area contributed by atoms with E-state index in [0.717, 1.165) is 37.8 Å². The van der Waals surface area contributed by atoms with Crippen molar-refractivity contribution < 1.29 is 9.53 Å². The largest absolute Gasteiger partial charge is 0.444 e. The van der Waals surface area contributed by atoms with Gasteiger partial charge in [-0.05, 0) is 63.6 Å². The van der Waals surface area contributed by atoms with Gasteiger partial charge in [0.25, 0.3) is 0 Å². The quantitative estimate of drug-likeness (QED) is 0.275. The number of amides is 1. The second kappa shape index (κ2) is 13.8. The molecule has 0 bridgehead atoms. The number of guanidine groups is 1. The van der Waals surface area contributed by atoms with Crippen LogP contribution >= 0.6 is 24.0 Å². The topological polar surface area (TPSA) is 82.1 Å². The molecule has 1 aromatic rings. The fourth-order valence-electron chi connectivity index (χ4n) is 3.73. The summed E-state index contributed by atoms with van der Waals surface area (Å²) in [6.07, 6.45) is 4.78. The van der Waals surface area contributed by atoms with Crippen LogP contribution in [0.2, 0.25) is 0 Å². The number of ether oxygens (including phenoxy) is 1. The molecule has 0 spiro atoms. The average molecular weight is 575 g/mol. The van der Waals surface area contributed by atoms with Crippen LogP contribution in [-0.4, -0.2) is 67.3 Å². The molecule has 1 unspecified atom stereocenters. The number of aliphatic imine (C=N–C) groups is 1. The van der Waals surface area contributed by atoms with Gasteiger partial charge in [-0.15, -0.1) is 24.0 Å². The predicted octanol–water partition coefficient (Wildman–Crippen LogP) is 4.25. The molecule has 33 heavy (non-hydrogen) atoms. The van der Waals surface area contributed by atoms with E-state index in [4.69, 9.17) is 4.74 Å². The summed E-state index contributed by atoms with van der Waals surface area (Å²) in [6, 6.07) is 4.22. The third kappa shape index (κ3) is 10.4. The molecule has 0 aliphatic carbocycles. The minimum absolute atomic E-state index is 0. The SMILES string of the molecule is CN=C(NCc1ccnc(N2CCCC2)c1)N(C)CCC(NC(=O)OC(C)(C)C)C(C)C.I. The van der Waals surface area contributed by atoms with Crippen molar-refractivity contribution in [2.24, 2.45) is 10.9 Å². The molecule has 9 heteroatoms. The standard InChI is InChI=1S/C24H42N6O2.HI/c1-18(2)20(28-23(31)32-24(3,4)5)11-15-29(7)22(25-6)27-17-19-10-12-26-21(16-19)30-13-8-9-14-30;/h10,12,16,18,20H,8-9,11,13-15,17H2,1-7H3,(H,25,27)(H,28,31);1H. The number of carbonyl (C=O) groups is 1. The van der Waals surface area contributed by atoms with Gasteiger partial charge in [0.2, 0.25) is 0 Å². The maximum atomic E-state index is 12.2. The summed E-state index contributed by atoms with van der Waals surface area (Å²) in [5.74, 6) is 2.18. The predicted molar refractivity (Wildman–Crippen MR) is 147 cm³/mol. The van der Waals surface area contributed by atoms with Gasteiger partial charge in [-0.25, -0.2) is 9.78 Å². The first kappa shape index (κ1) is 29.3. The molecule has 0 saturated carbocycles. The van der Waals surface area contributed by atoms with Crippen LogP contribution in [0.25, 0.3) is 0 Å². The first-order chi connectivity index (χ1) is 15.1. The molecular formula is C24H43IN6O2. The second-order valence-electron chi connectivity index (χ2n) is 9.82. The van der Waals surface area contributed by atoms with Crippen LogP contribution in [0.3, 0.4) is 0 Å². The number of nitrogens with zero attached hydrogens (tertiary/aromatic N) is 4. The molecule has 1 fully saturated rings. The molecule has 1 aromatic heterocycles. The molecule has 188 valence electrons. The van der Waals surface area contributed by atoms with Crippen LogP contribution in [0.4, 0.5) is 10.6 Å². The molecule has 1 saturated heterocycles. The summed E-state index contributed by atoms with van der Waals surface area (Å²) in [4.78, 5) is 25.6. The molecule has 0 aromatic carbocycles. The summed E-state index contributed by atoms with van der Waals surface area (Å²) in [6.45, 7) is 13.4. The first-order valence-electron chi connectivity index (χ1n) is 11.7. The number of aromatic nitrogens is 1. The Morgan fingerprint density at radius 2 is 1.97 bits per heavy atom. The van der Waals surface area contributed by atoms with Gasteiger partial charge in [-0.3, -0.25) is 4.99 Å². The third-order valence-corrected chi connectivity index (χ3v) is 5.55. The number of nitrogens with one attached hydrogen (secondary N) is 2. The molecular weight excluding hydrogens is 531 g/mol.